The van der Waals surface area contributed by atoms with Gasteiger partial charge in [-0.15, -0.1) is 0 Å². The summed E-state index contributed by atoms with van der Waals surface area (Å²) in [5.74, 6) is -0.896. The molecule has 0 radical (unpaired) electrons. The summed E-state index contributed by atoms with van der Waals surface area (Å²) in [7, 11) is 0. The normalized spacial score (nSPS) is 12.9. The third kappa shape index (κ3) is 5.45. The van der Waals surface area contributed by atoms with Gasteiger partial charge in [0.25, 0.3) is 0 Å². The minimum Gasteiger partial charge on any atom is -0.481 e. The van der Waals surface area contributed by atoms with Gasteiger partial charge in [-0.05, 0) is 45.2 Å². The Morgan fingerprint density at radius 1 is 1.24 bits per heavy atom. The number of hydrogen-bond donors (Lipinski definition) is 3. The topological polar surface area (TPSA) is 156 Å². The number of carbonyl (C=O) groups is 2. The maximum atomic E-state index is 11.9. The summed E-state index contributed by atoms with van der Waals surface area (Å²) in [6.45, 7) is 8.21. The SMILES string of the molecule is CCOCc1nc2c(N)nc3cc(CC(CC)C(=O)O)ccc3c2n1CC(C)(C)OC(=O)CN. The Bertz CT molecular complexity index is 1200. The van der Waals surface area contributed by atoms with Gasteiger partial charge >= 0.3 is 11.9 Å². The van der Waals surface area contributed by atoms with Crippen molar-refractivity contribution in [1.82, 2.24) is 14.5 Å². The van der Waals surface area contributed by atoms with E-state index in [1.165, 1.54) is 0 Å². The van der Waals surface area contributed by atoms with E-state index in [4.69, 9.17) is 25.9 Å². The van der Waals surface area contributed by atoms with Crippen molar-refractivity contribution in [2.75, 3.05) is 18.9 Å². The van der Waals surface area contributed by atoms with Crippen molar-refractivity contribution >= 4 is 39.7 Å². The summed E-state index contributed by atoms with van der Waals surface area (Å²) in [6, 6.07) is 5.69. The van der Waals surface area contributed by atoms with Gasteiger partial charge in [0, 0.05) is 12.0 Å². The molecule has 0 fully saturated rings. The molecular formula is C24H33N5O5. The number of fused-ring (bicyclic) bond motifs is 3. The number of imidazole rings is 1. The number of anilines is 1. The molecule has 0 aliphatic heterocycles. The zero-order chi connectivity index (χ0) is 25.0. The van der Waals surface area contributed by atoms with Crippen LogP contribution in [0.25, 0.3) is 21.9 Å². The number of nitrogen functional groups attached to an aromatic ring is 1. The van der Waals surface area contributed by atoms with E-state index in [0.717, 1.165) is 16.5 Å². The Labute approximate surface area is 198 Å². The Morgan fingerprint density at radius 2 is 1.97 bits per heavy atom. The molecule has 3 rings (SSSR count). The van der Waals surface area contributed by atoms with E-state index in [1.807, 2.05) is 36.6 Å². The fraction of sp³-hybridized carbons (Fsp3) is 0.500. The maximum Gasteiger partial charge on any atom is 0.320 e. The van der Waals surface area contributed by atoms with Crippen LogP contribution >= 0.6 is 0 Å². The van der Waals surface area contributed by atoms with Crippen LogP contribution in [0.5, 0.6) is 0 Å². The number of benzene rings is 1. The van der Waals surface area contributed by atoms with Crippen LogP contribution < -0.4 is 11.5 Å². The van der Waals surface area contributed by atoms with Crippen molar-refractivity contribution in [2.24, 2.45) is 11.7 Å². The quantitative estimate of drug-likeness (QED) is 0.358. The van der Waals surface area contributed by atoms with Crippen LogP contribution in [0.4, 0.5) is 5.82 Å². The molecule has 10 nitrogen and oxygen atoms in total. The zero-order valence-corrected chi connectivity index (χ0v) is 20.1. The minimum absolute atomic E-state index is 0.211. The number of pyridine rings is 1. The fourth-order valence-electron chi connectivity index (χ4n) is 4.06. The largest absolute Gasteiger partial charge is 0.481 e. The van der Waals surface area contributed by atoms with Crippen LogP contribution in [0.15, 0.2) is 18.2 Å². The molecule has 0 aliphatic carbocycles. The lowest BCUT2D eigenvalue weighted by atomic mass is 9.96. The number of ether oxygens (including phenoxy) is 2. The molecule has 0 saturated carbocycles. The second-order valence-electron chi connectivity index (χ2n) is 8.88. The molecule has 0 bridgehead atoms. The van der Waals surface area contributed by atoms with E-state index in [9.17, 15) is 14.7 Å². The van der Waals surface area contributed by atoms with Crippen molar-refractivity contribution in [3.63, 3.8) is 0 Å². The summed E-state index contributed by atoms with van der Waals surface area (Å²) in [5.41, 5.74) is 13.7. The molecular weight excluding hydrogens is 438 g/mol. The van der Waals surface area contributed by atoms with Gasteiger partial charge in [0.15, 0.2) is 5.82 Å². The average Bonchev–Trinajstić information content (AvgIpc) is 3.13. The van der Waals surface area contributed by atoms with Gasteiger partial charge in [-0.25, -0.2) is 9.97 Å². The fourth-order valence-corrected chi connectivity index (χ4v) is 4.06. The summed E-state index contributed by atoms with van der Waals surface area (Å²) in [6.07, 6.45) is 0.935. The Morgan fingerprint density at radius 3 is 2.59 bits per heavy atom. The lowest BCUT2D eigenvalue weighted by molar-refractivity contribution is -0.155. The van der Waals surface area contributed by atoms with Gasteiger partial charge < -0.3 is 30.6 Å². The van der Waals surface area contributed by atoms with E-state index in [0.29, 0.717) is 42.9 Å². The molecule has 184 valence electrons. The lowest BCUT2D eigenvalue weighted by Gasteiger charge is -2.27. The molecule has 0 aliphatic rings. The summed E-state index contributed by atoms with van der Waals surface area (Å²) < 4.78 is 13.1. The number of carboxylic acids is 1. The van der Waals surface area contributed by atoms with Gasteiger partial charge in [-0.2, -0.15) is 0 Å². The van der Waals surface area contributed by atoms with Crippen LogP contribution in [0.3, 0.4) is 0 Å². The molecule has 1 aromatic carbocycles. The molecule has 3 aromatic rings. The highest BCUT2D eigenvalue weighted by Crippen LogP contribution is 2.32. The van der Waals surface area contributed by atoms with Crippen LogP contribution in [-0.2, 0) is 38.6 Å². The molecule has 1 unspecified atom stereocenters. The third-order valence-corrected chi connectivity index (χ3v) is 5.70. The Balaban J connectivity index is 2.16. The van der Waals surface area contributed by atoms with Crippen molar-refractivity contribution in [3.05, 3.63) is 29.6 Å². The molecule has 0 amide bonds. The minimum atomic E-state index is -0.870. The van der Waals surface area contributed by atoms with Gasteiger partial charge in [0.05, 0.1) is 30.0 Å². The van der Waals surface area contributed by atoms with Crippen LogP contribution in [-0.4, -0.2) is 50.3 Å². The van der Waals surface area contributed by atoms with E-state index in [1.54, 1.807) is 13.8 Å². The number of rotatable bonds is 11. The first-order valence-corrected chi connectivity index (χ1v) is 11.4. The summed E-state index contributed by atoms with van der Waals surface area (Å²) in [4.78, 5) is 32.6. The molecule has 2 heterocycles. The van der Waals surface area contributed by atoms with Crippen molar-refractivity contribution in [2.45, 2.75) is 59.3 Å². The number of aromatic nitrogens is 3. The van der Waals surface area contributed by atoms with E-state index >= 15 is 0 Å². The maximum absolute atomic E-state index is 11.9. The van der Waals surface area contributed by atoms with E-state index < -0.39 is 23.5 Å². The number of carbonyl (C=O) groups excluding carboxylic acids is 1. The van der Waals surface area contributed by atoms with Crippen molar-refractivity contribution < 1.29 is 24.2 Å². The van der Waals surface area contributed by atoms with Crippen LogP contribution in [0, 0.1) is 5.92 Å². The molecule has 1 atom stereocenters. The lowest BCUT2D eigenvalue weighted by Crippen LogP contribution is -2.36. The monoisotopic (exact) mass is 471 g/mol. The number of nitrogens with two attached hydrogens (primary N) is 2. The number of hydrogen-bond acceptors (Lipinski definition) is 8. The first-order chi connectivity index (χ1) is 16.1. The van der Waals surface area contributed by atoms with Gasteiger partial charge in [0.1, 0.15) is 23.5 Å². The highest BCUT2D eigenvalue weighted by Gasteiger charge is 2.27. The molecule has 34 heavy (non-hydrogen) atoms. The predicted molar refractivity (Wildman–Crippen MR) is 129 cm³/mol. The second kappa shape index (κ2) is 10.4. The highest BCUT2D eigenvalue weighted by molar-refractivity contribution is 6.06. The number of esters is 1. The number of nitrogens with zero attached hydrogens (tertiary/aromatic N) is 3. The Kier molecular flexibility index (Phi) is 7.73. The molecule has 10 heteroatoms. The van der Waals surface area contributed by atoms with E-state index in [-0.39, 0.29) is 19.0 Å². The Hall–Kier alpha value is -3.24. The van der Waals surface area contributed by atoms with Gasteiger partial charge in [-0.1, -0.05) is 19.1 Å². The smallest absolute Gasteiger partial charge is 0.320 e. The molecule has 0 spiro atoms. The first kappa shape index (κ1) is 25.4. The summed E-state index contributed by atoms with van der Waals surface area (Å²) >= 11 is 0. The van der Waals surface area contributed by atoms with Crippen LogP contribution in [0.2, 0.25) is 0 Å². The summed E-state index contributed by atoms with van der Waals surface area (Å²) in [5, 5.41) is 10.2. The molecule has 5 N–H and O–H groups in total. The molecule has 0 saturated heterocycles. The van der Waals surface area contributed by atoms with Crippen LogP contribution in [0.1, 0.15) is 45.5 Å². The van der Waals surface area contributed by atoms with Gasteiger partial charge in [-0.3, -0.25) is 9.59 Å². The van der Waals surface area contributed by atoms with Crippen molar-refractivity contribution in [1.29, 1.82) is 0 Å². The second-order valence-corrected chi connectivity index (χ2v) is 8.88. The first-order valence-electron chi connectivity index (χ1n) is 11.4. The standard InChI is InChI=1S/C24H33N5O5/c1-5-15(23(31)32)9-14-7-8-16-17(10-14)27-22(26)20-21(16)29(18(28-20)12-33-6-2)13-24(3,4)34-19(30)11-25/h7-8,10,15H,5-6,9,11-13,25H2,1-4H3,(H2,26,27)(H,31,32). The zero-order valence-electron chi connectivity index (χ0n) is 20.1. The number of carboxylic acid groups (broad SMARTS) is 1. The molecule has 2 aromatic heterocycles. The van der Waals surface area contributed by atoms with Crippen molar-refractivity contribution in [3.8, 4) is 0 Å². The number of aliphatic carboxylic acids is 1. The van der Waals surface area contributed by atoms with Gasteiger partial charge in [0.2, 0.25) is 0 Å². The average molecular weight is 472 g/mol. The predicted octanol–water partition coefficient (Wildman–Crippen LogP) is 2.64. The third-order valence-electron chi connectivity index (χ3n) is 5.70. The highest BCUT2D eigenvalue weighted by atomic mass is 16.6. The van der Waals surface area contributed by atoms with E-state index in [2.05, 4.69) is 4.98 Å².